The van der Waals surface area contributed by atoms with Crippen LogP contribution in [0.3, 0.4) is 0 Å². The average molecular weight is 223 g/mol. The van der Waals surface area contributed by atoms with Crippen molar-refractivity contribution < 1.29 is 0 Å². The normalized spacial score (nSPS) is 11.5. The van der Waals surface area contributed by atoms with Crippen LogP contribution in [-0.4, -0.2) is 11.5 Å². The molecule has 0 saturated heterocycles. The number of para-hydroxylation sites is 1. The van der Waals surface area contributed by atoms with Crippen molar-refractivity contribution in [1.29, 1.82) is 5.26 Å². The summed E-state index contributed by atoms with van der Waals surface area (Å²) in [5.74, 6) is -0.226. The summed E-state index contributed by atoms with van der Waals surface area (Å²) in [6.07, 6.45) is 1.71. The quantitative estimate of drug-likeness (QED) is 0.867. The van der Waals surface area contributed by atoms with Gasteiger partial charge in [-0.1, -0.05) is 24.3 Å². The minimum Gasteiger partial charge on any atom is -0.383 e. The van der Waals surface area contributed by atoms with Crippen LogP contribution >= 0.6 is 0 Å². The highest BCUT2D eigenvalue weighted by atomic mass is 14.9. The fourth-order valence-electron chi connectivity index (χ4n) is 1.57. The first-order valence-corrected chi connectivity index (χ1v) is 5.49. The monoisotopic (exact) mass is 223 g/mol. The lowest BCUT2D eigenvalue weighted by molar-refractivity contribution is 0.858. The molecule has 84 valence electrons. The summed E-state index contributed by atoms with van der Waals surface area (Å²) in [5.41, 5.74) is 1.82. The van der Waals surface area contributed by atoms with E-state index in [2.05, 4.69) is 16.4 Å². The summed E-state index contributed by atoms with van der Waals surface area (Å²) in [6, 6.07) is 17.7. The second-order valence-corrected chi connectivity index (χ2v) is 3.68. The molecule has 1 N–H and O–H groups in total. The SMILES string of the molecule is N#CC(CNc1ccccc1)c1ccccn1. The highest BCUT2D eigenvalue weighted by Gasteiger charge is 2.10. The molecule has 0 spiro atoms. The summed E-state index contributed by atoms with van der Waals surface area (Å²) in [4.78, 5) is 4.20. The van der Waals surface area contributed by atoms with Crippen molar-refractivity contribution in [1.82, 2.24) is 4.98 Å². The van der Waals surface area contributed by atoms with E-state index in [9.17, 15) is 0 Å². The first-order valence-electron chi connectivity index (χ1n) is 5.49. The molecule has 1 aromatic carbocycles. The average Bonchev–Trinajstić information content (AvgIpc) is 2.42. The van der Waals surface area contributed by atoms with E-state index in [-0.39, 0.29) is 5.92 Å². The van der Waals surface area contributed by atoms with Crippen LogP contribution in [0.2, 0.25) is 0 Å². The van der Waals surface area contributed by atoms with Gasteiger partial charge >= 0.3 is 0 Å². The van der Waals surface area contributed by atoms with Crippen LogP contribution in [0, 0.1) is 11.3 Å². The maximum absolute atomic E-state index is 9.13. The molecule has 1 aromatic heterocycles. The van der Waals surface area contributed by atoms with Crippen LogP contribution in [-0.2, 0) is 0 Å². The number of nitrogens with one attached hydrogen (secondary N) is 1. The molecule has 1 unspecified atom stereocenters. The van der Waals surface area contributed by atoms with Crippen LogP contribution in [0.25, 0.3) is 0 Å². The first-order chi connectivity index (χ1) is 8.40. The van der Waals surface area contributed by atoms with Crippen molar-refractivity contribution in [2.45, 2.75) is 5.92 Å². The van der Waals surface area contributed by atoms with Crippen molar-refractivity contribution in [2.75, 3.05) is 11.9 Å². The van der Waals surface area contributed by atoms with E-state index < -0.39 is 0 Å². The second-order valence-electron chi connectivity index (χ2n) is 3.68. The Hall–Kier alpha value is -2.34. The van der Waals surface area contributed by atoms with Crippen LogP contribution in [0.4, 0.5) is 5.69 Å². The number of benzene rings is 1. The van der Waals surface area contributed by atoms with Gasteiger partial charge in [0, 0.05) is 18.4 Å². The zero-order valence-electron chi connectivity index (χ0n) is 9.38. The smallest absolute Gasteiger partial charge is 0.106 e. The van der Waals surface area contributed by atoms with Gasteiger partial charge in [0.05, 0.1) is 11.8 Å². The Balaban J connectivity index is 2.01. The van der Waals surface area contributed by atoms with Gasteiger partial charge in [0.2, 0.25) is 0 Å². The molecule has 2 rings (SSSR count). The van der Waals surface area contributed by atoms with Gasteiger partial charge in [-0.15, -0.1) is 0 Å². The zero-order valence-corrected chi connectivity index (χ0v) is 9.38. The van der Waals surface area contributed by atoms with E-state index in [0.29, 0.717) is 6.54 Å². The van der Waals surface area contributed by atoms with Crippen molar-refractivity contribution in [3.63, 3.8) is 0 Å². The maximum Gasteiger partial charge on any atom is 0.106 e. The summed E-state index contributed by atoms with van der Waals surface area (Å²) in [6.45, 7) is 0.567. The molecule has 3 heteroatoms. The minimum absolute atomic E-state index is 0.226. The number of aromatic nitrogens is 1. The highest BCUT2D eigenvalue weighted by Crippen LogP contribution is 2.13. The van der Waals surface area contributed by atoms with E-state index in [1.54, 1.807) is 6.20 Å². The first kappa shape index (κ1) is 11.2. The number of nitriles is 1. The van der Waals surface area contributed by atoms with Crippen molar-refractivity contribution in [2.24, 2.45) is 0 Å². The van der Waals surface area contributed by atoms with Gasteiger partial charge in [-0.05, 0) is 24.3 Å². The third kappa shape index (κ3) is 3.05. The standard InChI is InChI=1S/C14H13N3/c15-10-12(14-8-4-5-9-16-14)11-17-13-6-2-1-3-7-13/h1-9,12,17H,11H2. The molecule has 0 aliphatic heterocycles. The Morgan fingerprint density at radius 3 is 2.53 bits per heavy atom. The predicted octanol–water partition coefficient (Wildman–Crippen LogP) is 2.80. The van der Waals surface area contributed by atoms with Crippen LogP contribution in [0.1, 0.15) is 11.6 Å². The summed E-state index contributed by atoms with van der Waals surface area (Å²) in [7, 11) is 0. The van der Waals surface area contributed by atoms with E-state index in [1.807, 2.05) is 48.5 Å². The van der Waals surface area contributed by atoms with E-state index in [1.165, 1.54) is 0 Å². The number of rotatable bonds is 4. The Bertz CT molecular complexity index is 488. The third-order valence-corrected chi connectivity index (χ3v) is 2.48. The number of hydrogen-bond acceptors (Lipinski definition) is 3. The second kappa shape index (κ2) is 5.66. The van der Waals surface area contributed by atoms with Crippen molar-refractivity contribution in [3.8, 4) is 6.07 Å². The molecule has 0 saturated carbocycles. The molecule has 0 amide bonds. The maximum atomic E-state index is 9.13. The molecule has 1 heterocycles. The van der Waals surface area contributed by atoms with E-state index in [4.69, 9.17) is 5.26 Å². The number of nitrogens with zero attached hydrogens (tertiary/aromatic N) is 2. The molecule has 0 aliphatic carbocycles. The zero-order chi connectivity index (χ0) is 11.9. The summed E-state index contributed by atoms with van der Waals surface area (Å²) in [5, 5.41) is 12.4. The number of pyridine rings is 1. The lowest BCUT2D eigenvalue weighted by Crippen LogP contribution is -2.12. The fraction of sp³-hybridized carbons (Fsp3) is 0.143. The largest absolute Gasteiger partial charge is 0.383 e. The lowest BCUT2D eigenvalue weighted by atomic mass is 10.1. The Labute approximate surface area is 101 Å². The highest BCUT2D eigenvalue weighted by molar-refractivity contribution is 5.43. The van der Waals surface area contributed by atoms with Crippen LogP contribution in [0.15, 0.2) is 54.7 Å². The van der Waals surface area contributed by atoms with Crippen molar-refractivity contribution >= 4 is 5.69 Å². The molecular weight excluding hydrogens is 210 g/mol. The van der Waals surface area contributed by atoms with Crippen molar-refractivity contribution in [3.05, 3.63) is 60.4 Å². The Morgan fingerprint density at radius 1 is 1.12 bits per heavy atom. The lowest BCUT2D eigenvalue weighted by Gasteiger charge is -2.10. The number of hydrogen-bond donors (Lipinski definition) is 1. The molecular formula is C14H13N3. The summed E-state index contributed by atoms with van der Waals surface area (Å²) < 4.78 is 0. The van der Waals surface area contributed by atoms with Gasteiger partial charge in [-0.25, -0.2) is 0 Å². The van der Waals surface area contributed by atoms with E-state index in [0.717, 1.165) is 11.4 Å². The molecule has 2 aromatic rings. The van der Waals surface area contributed by atoms with Gasteiger partial charge in [0.25, 0.3) is 0 Å². The minimum atomic E-state index is -0.226. The molecule has 0 radical (unpaired) electrons. The molecule has 1 atom stereocenters. The van der Waals surface area contributed by atoms with Gasteiger partial charge < -0.3 is 5.32 Å². The van der Waals surface area contributed by atoms with Crippen LogP contribution < -0.4 is 5.32 Å². The summed E-state index contributed by atoms with van der Waals surface area (Å²) >= 11 is 0. The fourth-order valence-corrected chi connectivity index (χ4v) is 1.57. The molecule has 17 heavy (non-hydrogen) atoms. The van der Waals surface area contributed by atoms with Crippen LogP contribution in [0.5, 0.6) is 0 Å². The van der Waals surface area contributed by atoms with Gasteiger partial charge in [-0.3, -0.25) is 4.98 Å². The van der Waals surface area contributed by atoms with E-state index >= 15 is 0 Å². The Morgan fingerprint density at radius 2 is 1.88 bits per heavy atom. The molecule has 0 bridgehead atoms. The Kier molecular flexibility index (Phi) is 3.72. The number of anilines is 1. The van der Waals surface area contributed by atoms with Gasteiger partial charge in [0.1, 0.15) is 5.92 Å². The predicted molar refractivity (Wildman–Crippen MR) is 67.5 cm³/mol. The van der Waals surface area contributed by atoms with Gasteiger partial charge in [0.15, 0.2) is 0 Å². The topological polar surface area (TPSA) is 48.7 Å². The molecule has 3 nitrogen and oxygen atoms in total. The third-order valence-electron chi connectivity index (χ3n) is 2.48. The molecule has 0 aliphatic rings. The molecule has 0 fully saturated rings. The van der Waals surface area contributed by atoms with Gasteiger partial charge in [-0.2, -0.15) is 5.26 Å².